The van der Waals surface area contributed by atoms with Crippen LogP contribution in [0, 0.1) is 5.41 Å². The maximum Gasteiger partial charge on any atom is 0.246 e. The van der Waals surface area contributed by atoms with Gasteiger partial charge in [0, 0.05) is 38.5 Å². The van der Waals surface area contributed by atoms with E-state index in [0.717, 1.165) is 12.8 Å². The van der Waals surface area contributed by atoms with Gasteiger partial charge in [-0.3, -0.25) is 4.79 Å². The fourth-order valence-corrected chi connectivity index (χ4v) is 6.18. The van der Waals surface area contributed by atoms with E-state index >= 15 is 0 Å². The topological polar surface area (TPSA) is 66.9 Å². The average molecular weight is 421 g/mol. The second-order valence-electron chi connectivity index (χ2n) is 7.08. The number of rotatable bonds is 3. The number of amides is 1. The molecule has 0 saturated carbocycles. The molecular weight excluding hydrogens is 399 g/mol. The Balaban J connectivity index is 1.93. The van der Waals surface area contributed by atoms with Crippen LogP contribution in [0.15, 0.2) is 17.0 Å². The Labute approximate surface area is 164 Å². The molecule has 2 fully saturated rings. The summed E-state index contributed by atoms with van der Waals surface area (Å²) in [6.45, 7) is 1.40. The number of carbonyl (C=O) groups excluding carboxylic acids is 1. The number of carbonyl (C=O) groups is 1. The molecule has 1 spiro atoms. The molecule has 26 heavy (non-hydrogen) atoms. The van der Waals surface area contributed by atoms with Crippen LogP contribution in [0.4, 0.5) is 0 Å². The average Bonchev–Trinajstić information content (AvgIpc) is 2.61. The summed E-state index contributed by atoms with van der Waals surface area (Å²) in [4.78, 5) is 13.6. The fraction of sp³-hybridized carbons (Fsp3) is 0.588. The van der Waals surface area contributed by atoms with Crippen molar-refractivity contribution in [2.24, 2.45) is 5.41 Å². The summed E-state index contributed by atoms with van der Waals surface area (Å²) in [6.07, 6.45) is 2.83. The summed E-state index contributed by atoms with van der Waals surface area (Å²) in [5.74, 6) is 0.177. The third kappa shape index (κ3) is 3.42. The molecule has 2 aliphatic heterocycles. The van der Waals surface area contributed by atoms with Crippen LogP contribution in [0.1, 0.15) is 25.7 Å². The van der Waals surface area contributed by atoms with Crippen LogP contribution in [0.3, 0.4) is 0 Å². The third-order valence-corrected chi connectivity index (χ3v) is 7.99. The minimum Gasteiger partial charge on any atom is -0.494 e. The smallest absolute Gasteiger partial charge is 0.246 e. The maximum atomic E-state index is 13.3. The molecule has 0 bridgehead atoms. The Bertz CT molecular complexity index is 830. The van der Waals surface area contributed by atoms with E-state index < -0.39 is 10.0 Å². The predicted molar refractivity (Wildman–Crippen MR) is 100 cm³/mol. The molecule has 144 valence electrons. The summed E-state index contributed by atoms with van der Waals surface area (Å²) in [6, 6.07) is 2.90. The zero-order chi connectivity index (χ0) is 19.1. The molecule has 9 heteroatoms. The molecule has 1 aromatic rings. The van der Waals surface area contributed by atoms with Crippen LogP contribution in [0.5, 0.6) is 5.75 Å². The second-order valence-corrected chi connectivity index (χ2v) is 9.78. The largest absolute Gasteiger partial charge is 0.494 e. The van der Waals surface area contributed by atoms with Crippen LogP contribution in [-0.2, 0) is 14.8 Å². The van der Waals surface area contributed by atoms with E-state index in [1.165, 1.54) is 23.5 Å². The highest BCUT2D eigenvalue weighted by Crippen LogP contribution is 2.43. The van der Waals surface area contributed by atoms with Crippen LogP contribution in [0.2, 0.25) is 10.0 Å². The molecule has 2 aliphatic rings. The summed E-state index contributed by atoms with van der Waals surface area (Å²) < 4.78 is 33.2. The summed E-state index contributed by atoms with van der Waals surface area (Å²) in [5, 5.41) is 0.329. The maximum absolute atomic E-state index is 13.3. The summed E-state index contributed by atoms with van der Waals surface area (Å²) in [7, 11) is -0.641. The lowest BCUT2D eigenvalue weighted by atomic mass is 9.74. The Morgan fingerprint density at radius 1 is 1.19 bits per heavy atom. The highest BCUT2D eigenvalue weighted by Gasteiger charge is 2.44. The Morgan fingerprint density at radius 3 is 2.58 bits per heavy atom. The van der Waals surface area contributed by atoms with E-state index in [2.05, 4.69) is 0 Å². The number of likely N-dealkylation sites (tertiary alicyclic amines) is 1. The zero-order valence-corrected chi connectivity index (χ0v) is 17.1. The van der Waals surface area contributed by atoms with Crippen molar-refractivity contribution in [1.82, 2.24) is 9.21 Å². The molecule has 0 aliphatic carbocycles. The van der Waals surface area contributed by atoms with Crippen molar-refractivity contribution in [1.29, 1.82) is 0 Å². The summed E-state index contributed by atoms with van der Waals surface area (Å²) in [5.41, 5.74) is -0.197. The first-order valence-corrected chi connectivity index (χ1v) is 10.7. The molecule has 1 amide bonds. The van der Waals surface area contributed by atoms with Crippen molar-refractivity contribution in [2.45, 2.75) is 30.6 Å². The van der Waals surface area contributed by atoms with Gasteiger partial charge in [-0.25, -0.2) is 8.42 Å². The van der Waals surface area contributed by atoms with E-state index in [1.807, 2.05) is 0 Å². The second kappa shape index (κ2) is 7.19. The Morgan fingerprint density at radius 2 is 1.92 bits per heavy atom. The number of sulfonamides is 1. The number of hydrogen-bond acceptors (Lipinski definition) is 4. The molecule has 2 saturated heterocycles. The van der Waals surface area contributed by atoms with E-state index in [-0.39, 0.29) is 32.0 Å². The number of piperidine rings is 2. The molecule has 3 rings (SSSR count). The van der Waals surface area contributed by atoms with Crippen LogP contribution < -0.4 is 4.74 Å². The lowest BCUT2D eigenvalue weighted by Crippen LogP contribution is -2.54. The fourth-order valence-electron chi connectivity index (χ4n) is 3.98. The monoisotopic (exact) mass is 420 g/mol. The first kappa shape index (κ1) is 19.7. The van der Waals surface area contributed by atoms with Crippen molar-refractivity contribution in [2.75, 3.05) is 33.8 Å². The third-order valence-electron chi connectivity index (χ3n) is 5.33. The first-order chi connectivity index (χ1) is 12.2. The van der Waals surface area contributed by atoms with Gasteiger partial charge < -0.3 is 9.64 Å². The van der Waals surface area contributed by atoms with Gasteiger partial charge in [-0.05, 0) is 31.4 Å². The number of ether oxygens (including phenoxy) is 1. The highest BCUT2D eigenvalue weighted by atomic mass is 35.5. The van der Waals surface area contributed by atoms with Gasteiger partial charge in [0.05, 0.1) is 12.1 Å². The van der Waals surface area contributed by atoms with Gasteiger partial charge in [-0.1, -0.05) is 23.2 Å². The van der Waals surface area contributed by atoms with Crippen molar-refractivity contribution in [3.63, 3.8) is 0 Å². The Hall–Kier alpha value is -1.02. The molecule has 6 nitrogen and oxygen atoms in total. The molecule has 2 heterocycles. The molecule has 1 unspecified atom stereocenters. The number of nitrogens with zero attached hydrogens (tertiary/aromatic N) is 2. The normalized spacial score (nSPS) is 24.9. The number of halogens is 2. The molecule has 1 aromatic carbocycles. The van der Waals surface area contributed by atoms with E-state index in [0.29, 0.717) is 32.5 Å². The zero-order valence-electron chi connectivity index (χ0n) is 14.8. The predicted octanol–water partition coefficient (Wildman–Crippen LogP) is 3.03. The molecular formula is C17H22Cl2N2O4S. The number of hydrogen-bond donors (Lipinski definition) is 0. The lowest BCUT2D eigenvalue weighted by Gasteiger charge is -2.46. The van der Waals surface area contributed by atoms with Crippen molar-refractivity contribution in [3.8, 4) is 5.75 Å². The standard InChI is InChI=1S/C17H22Cl2N2O4S/c1-20-10-17(8-6-14(20)22)7-3-9-21(11-17)26(23,24)13-5-4-12(18)15(19)16(13)25-2/h4-5H,3,6-11H2,1-2H3. The SMILES string of the molecule is COc1c(S(=O)(=O)N2CCCC3(CCC(=O)N(C)C3)C2)ccc(Cl)c1Cl. The van der Waals surface area contributed by atoms with Crippen LogP contribution in [-0.4, -0.2) is 57.3 Å². The molecule has 1 atom stereocenters. The number of methoxy groups -OCH3 is 1. The van der Waals surface area contributed by atoms with Crippen molar-refractivity contribution in [3.05, 3.63) is 22.2 Å². The van der Waals surface area contributed by atoms with Crippen molar-refractivity contribution < 1.29 is 17.9 Å². The minimum absolute atomic E-state index is 0.0201. The minimum atomic E-state index is -3.79. The lowest BCUT2D eigenvalue weighted by molar-refractivity contribution is -0.136. The van der Waals surface area contributed by atoms with Gasteiger partial charge in [0.1, 0.15) is 9.92 Å². The van der Waals surface area contributed by atoms with Gasteiger partial charge in [0.25, 0.3) is 0 Å². The molecule has 0 aromatic heterocycles. The van der Waals surface area contributed by atoms with E-state index in [4.69, 9.17) is 27.9 Å². The van der Waals surface area contributed by atoms with Gasteiger partial charge in [-0.2, -0.15) is 4.31 Å². The van der Waals surface area contributed by atoms with Gasteiger partial charge in [0.2, 0.25) is 15.9 Å². The molecule has 0 N–H and O–H groups in total. The van der Waals surface area contributed by atoms with Crippen LogP contribution >= 0.6 is 23.2 Å². The van der Waals surface area contributed by atoms with Gasteiger partial charge in [0.15, 0.2) is 5.75 Å². The van der Waals surface area contributed by atoms with E-state index in [9.17, 15) is 13.2 Å². The summed E-state index contributed by atoms with van der Waals surface area (Å²) >= 11 is 12.1. The van der Waals surface area contributed by atoms with Gasteiger partial charge >= 0.3 is 0 Å². The quantitative estimate of drug-likeness (QED) is 0.753. The van der Waals surface area contributed by atoms with E-state index in [1.54, 1.807) is 11.9 Å². The van der Waals surface area contributed by atoms with Crippen molar-refractivity contribution >= 4 is 39.1 Å². The number of benzene rings is 1. The first-order valence-electron chi connectivity index (χ1n) is 8.46. The Kier molecular flexibility index (Phi) is 5.45. The van der Waals surface area contributed by atoms with Crippen LogP contribution in [0.25, 0.3) is 0 Å². The highest BCUT2D eigenvalue weighted by molar-refractivity contribution is 7.89. The molecule has 0 radical (unpaired) electrons. The van der Waals surface area contributed by atoms with Gasteiger partial charge in [-0.15, -0.1) is 0 Å².